The fraction of sp³-hybridized carbons (Fsp3) is 0.409. The van der Waals surface area contributed by atoms with Crippen molar-refractivity contribution >= 4 is 37.6 Å². The number of carbonyl (C=O) groups excluding carboxylic acids is 1. The maximum Gasteiger partial charge on any atom is 0.192 e. The lowest BCUT2D eigenvalue weighted by Gasteiger charge is -2.35. The van der Waals surface area contributed by atoms with E-state index in [1.54, 1.807) is 11.8 Å². The summed E-state index contributed by atoms with van der Waals surface area (Å²) in [6.07, 6.45) is 2.05. The Morgan fingerprint density at radius 1 is 0.929 bits per heavy atom. The molecule has 0 aliphatic rings. The van der Waals surface area contributed by atoms with Gasteiger partial charge < -0.3 is 9.16 Å². The maximum absolute atomic E-state index is 12.2. The monoisotopic (exact) mass is 434 g/mol. The molecular weight excluding hydrogens is 404 g/mol. The maximum atomic E-state index is 12.2. The minimum atomic E-state index is -1.87. The second kappa shape index (κ2) is 10.0. The summed E-state index contributed by atoms with van der Waals surface area (Å²) in [5.41, 5.74) is 0. The molecule has 0 spiro atoms. The number of Topliss-reactive ketones (excluding diaryl/α,β-unsaturated/α-hetero) is 1. The zero-order chi connectivity index (χ0) is 20.8. The van der Waals surface area contributed by atoms with Crippen molar-refractivity contribution in [2.24, 2.45) is 0 Å². The van der Waals surface area contributed by atoms with Gasteiger partial charge in [0.25, 0.3) is 0 Å². The van der Waals surface area contributed by atoms with Gasteiger partial charge >= 0.3 is 0 Å². The van der Waals surface area contributed by atoms with Gasteiger partial charge in [0, 0.05) is 9.79 Å². The van der Waals surface area contributed by atoms with Gasteiger partial charge in [-0.05, 0) is 72.9 Å². The molecule has 6 heteroatoms. The van der Waals surface area contributed by atoms with E-state index in [0.717, 1.165) is 16.4 Å². The molecule has 0 aliphatic carbocycles. The summed E-state index contributed by atoms with van der Waals surface area (Å²) in [5.74, 6) is 2.15. The van der Waals surface area contributed by atoms with Crippen molar-refractivity contribution in [2.75, 3.05) is 18.6 Å². The van der Waals surface area contributed by atoms with Crippen LogP contribution >= 0.6 is 23.5 Å². The molecule has 0 amide bonds. The molecule has 0 atom stereocenters. The van der Waals surface area contributed by atoms with Crippen molar-refractivity contribution in [1.82, 2.24) is 0 Å². The van der Waals surface area contributed by atoms with Crippen LogP contribution in [0.15, 0.2) is 58.3 Å². The quantitative estimate of drug-likeness (QED) is 0.317. The number of ether oxygens (including phenoxy) is 1. The summed E-state index contributed by atoms with van der Waals surface area (Å²) in [6, 6.07) is 15.9. The van der Waals surface area contributed by atoms with Crippen molar-refractivity contribution < 1.29 is 14.0 Å². The highest BCUT2D eigenvalue weighted by Gasteiger charge is 2.37. The second-order valence-electron chi connectivity index (χ2n) is 8.13. The third kappa shape index (κ3) is 6.99. The lowest BCUT2D eigenvalue weighted by atomic mass is 10.2. The van der Waals surface area contributed by atoms with Gasteiger partial charge in [0.1, 0.15) is 11.5 Å². The molecule has 28 heavy (non-hydrogen) atoms. The Morgan fingerprint density at radius 3 is 1.89 bits per heavy atom. The first-order valence-corrected chi connectivity index (χ1v) is 14.4. The number of hydrogen-bond donors (Lipinski definition) is 0. The van der Waals surface area contributed by atoms with E-state index in [9.17, 15) is 4.79 Å². The summed E-state index contributed by atoms with van der Waals surface area (Å²) < 4.78 is 11.9. The summed E-state index contributed by atoms with van der Waals surface area (Å²) in [5, 5.41) is 0.117. The summed E-state index contributed by atoms with van der Waals surface area (Å²) in [7, 11) is -1.87. The Morgan fingerprint density at radius 2 is 1.43 bits per heavy atom. The molecule has 0 bridgehead atoms. The van der Waals surface area contributed by atoms with Crippen LogP contribution in [0, 0.1) is 0 Å². The summed E-state index contributed by atoms with van der Waals surface area (Å²) in [4.78, 5) is 14.5. The Bertz CT molecular complexity index is 766. The number of thioether (sulfide) groups is 2. The van der Waals surface area contributed by atoms with Crippen LogP contribution in [-0.4, -0.2) is 32.7 Å². The molecule has 2 aromatic carbocycles. The molecule has 0 saturated heterocycles. The Kier molecular flexibility index (Phi) is 8.25. The number of rotatable bonds is 9. The van der Waals surface area contributed by atoms with E-state index in [1.165, 1.54) is 16.7 Å². The minimum absolute atomic E-state index is 0.117. The molecule has 0 N–H and O–H groups in total. The molecule has 152 valence electrons. The number of hydrogen-bond acceptors (Lipinski definition) is 5. The second-order valence-corrected chi connectivity index (χ2v) is 14.9. The molecule has 0 fully saturated rings. The van der Waals surface area contributed by atoms with Crippen molar-refractivity contribution in [3.05, 3.63) is 48.5 Å². The van der Waals surface area contributed by atoms with Crippen LogP contribution in [0.1, 0.15) is 20.8 Å². The molecule has 0 unspecified atom stereocenters. The smallest absolute Gasteiger partial charge is 0.192 e. The van der Waals surface area contributed by atoms with E-state index in [4.69, 9.17) is 9.16 Å². The number of ketones is 1. The van der Waals surface area contributed by atoms with Gasteiger partial charge in [-0.25, -0.2) is 0 Å². The van der Waals surface area contributed by atoms with Gasteiger partial charge in [0.05, 0.1) is 12.4 Å². The number of benzene rings is 2. The fourth-order valence-electron chi connectivity index (χ4n) is 2.07. The van der Waals surface area contributed by atoms with Gasteiger partial charge in [0.2, 0.25) is 0 Å². The van der Waals surface area contributed by atoms with E-state index in [1.807, 2.05) is 48.5 Å². The normalized spacial score (nSPS) is 12.1. The largest absolute Gasteiger partial charge is 0.457 e. The van der Waals surface area contributed by atoms with Crippen LogP contribution in [-0.2, 0) is 9.22 Å². The van der Waals surface area contributed by atoms with Crippen LogP contribution in [0.5, 0.6) is 11.5 Å². The third-order valence-corrected chi connectivity index (χ3v) is 11.2. The standard InChI is InChI=1S/C22H30O3S2Si/c1-22(2,3)28(5,6)24-15-17(23)16-27-21-13-9-19(10-14-21)25-18-7-11-20(26-4)12-8-18/h7-14H,15-16H2,1-6H3. The fourth-order valence-corrected chi connectivity index (χ4v) is 4.17. The highest BCUT2D eigenvalue weighted by Crippen LogP contribution is 2.36. The Hall–Kier alpha value is -1.21. The molecule has 0 aliphatic heterocycles. The predicted octanol–water partition coefficient (Wildman–Crippen LogP) is 6.88. The van der Waals surface area contributed by atoms with Crippen LogP contribution in [0.4, 0.5) is 0 Å². The molecule has 0 heterocycles. The van der Waals surface area contributed by atoms with Crippen molar-refractivity contribution in [1.29, 1.82) is 0 Å². The topological polar surface area (TPSA) is 35.5 Å². The molecular formula is C22H30O3S2Si. The van der Waals surface area contributed by atoms with Crippen LogP contribution in [0.3, 0.4) is 0 Å². The molecule has 2 aromatic rings. The SMILES string of the molecule is CSc1ccc(Oc2ccc(SCC(=O)CO[Si](C)(C)C(C)(C)C)cc2)cc1. The van der Waals surface area contributed by atoms with E-state index in [-0.39, 0.29) is 17.4 Å². The summed E-state index contributed by atoms with van der Waals surface area (Å²) >= 11 is 3.24. The van der Waals surface area contributed by atoms with Crippen molar-refractivity contribution in [3.63, 3.8) is 0 Å². The van der Waals surface area contributed by atoms with E-state index in [2.05, 4.69) is 40.1 Å². The zero-order valence-electron chi connectivity index (χ0n) is 17.6. The molecule has 3 nitrogen and oxygen atoms in total. The molecule has 0 radical (unpaired) electrons. The first kappa shape index (κ1) is 23.1. The predicted molar refractivity (Wildman–Crippen MR) is 124 cm³/mol. The average molecular weight is 435 g/mol. The van der Waals surface area contributed by atoms with Crippen molar-refractivity contribution in [2.45, 2.75) is 48.7 Å². The first-order chi connectivity index (χ1) is 13.1. The van der Waals surface area contributed by atoms with E-state index >= 15 is 0 Å². The zero-order valence-corrected chi connectivity index (χ0v) is 20.2. The average Bonchev–Trinajstić information content (AvgIpc) is 2.65. The van der Waals surface area contributed by atoms with Gasteiger partial charge in [-0.2, -0.15) is 0 Å². The molecule has 0 saturated carbocycles. The van der Waals surface area contributed by atoms with Gasteiger partial charge in [-0.1, -0.05) is 20.8 Å². The lowest BCUT2D eigenvalue weighted by molar-refractivity contribution is -0.118. The van der Waals surface area contributed by atoms with E-state index < -0.39 is 8.32 Å². The minimum Gasteiger partial charge on any atom is -0.457 e. The Balaban J connectivity index is 1.81. The molecule has 0 aromatic heterocycles. The highest BCUT2D eigenvalue weighted by atomic mass is 32.2. The Labute approximate surface area is 178 Å². The first-order valence-electron chi connectivity index (χ1n) is 9.31. The van der Waals surface area contributed by atoms with Crippen LogP contribution in [0.2, 0.25) is 18.1 Å². The number of carbonyl (C=O) groups is 1. The lowest BCUT2D eigenvalue weighted by Crippen LogP contribution is -2.42. The van der Waals surface area contributed by atoms with Gasteiger partial charge in [-0.3, -0.25) is 4.79 Å². The van der Waals surface area contributed by atoms with Crippen LogP contribution in [0.25, 0.3) is 0 Å². The third-order valence-electron chi connectivity index (χ3n) is 4.92. The van der Waals surface area contributed by atoms with Crippen molar-refractivity contribution in [3.8, 4) is 11.5 Å². The van der Waals surface area contributed by atoms with Crippen LogP contribution < -0.4 is 4.74 Å². The van der Waals surface area contributed by atoms with Gasteiger partial charge in [-0.15, -0.1) is 23.5 Å². The highest BCUT2D eigenvalue weighted by molar-refractivity contribution is 8.00. The molecule has 2 rings (SSSR count). The summed E-state index contributed by atoms with van der Waals surface area (Å²) in [6.45, 7) is 11.1. The van der Waals surface area contributed by atoms with Gasteiger partial charge in [0.15, 0.2) is 14.1 Å². The van der Waals surface area contributed by atoms with E-state index in [0.29, 0.717) is 5.75 Å².